The number of para-hydroxylation sites is 1. The second-order valence-electron chi connectivity index (χ2n) is 4.19. The van der Waals surface area contributed by atoms with Crippen LogP contribution < -0.4 is 5.32 Å². The van der Waals surface area contributed by atoms with Crippen molar-refractivity contribution in [1.29, 1.82) is 0 Å². The number of carboxylic acids is 1. The van der Waals surface area contributed by atoms with Crippen LogP contribution >= 0.6 is 0 Å². The predicted molar refractivity (Wildman–Crippen MR) is 72.5 cm³/mol. The summed E-state index contributed by atoms with van der Waals surface area (Å²) in [4.78, 5) is 18.9. The lowest BCUT2D eigenvalue weighted by Gasteiger charge is -2.10. The first-order valence-corrected chi connectivity index (χ1v) is 6.00. The fourth-order valence-corrected chi connectivity index (χ4v) is 1.71. The standard InChI is InChI=1S/C14H15N3O2/c1-10-15-8-12(9-16-10)17-13-5-3-2-4-11(13)6-7-14(18)19/h2-5,8-9,17H,6-7H2,1H3,(H,18,19). The molecule has 0 spiro atoms. The first-order valence-electron chi connectivity index (χ1n) is 6.00. The zero-order valence-corrected chi connectivity index (χ0v) is 10.6. The quantitative estimate of drug-likeness (QED) is 0.861. The second kappa shape index (κ2) is 5.95. The van der Waals surface area contributed by atoms with Crippen molar-refractivity contribution in [2.75, 3.05) is 5.32 Å². The van der Waals surface area contributed by atoms with Crippen molar-refractivity contribution >= 4 is 17.3 Å². The van der Waals surface area contributed by atoms with Crippen molar-refractivity contribution in [3.63, 3.8) is 0 Å². The number of benzene rings is 1. The molecule has 1 aromatic carbocycles. The van der Waals surface area contributed by atoms with E-state index in [-0.39, 0.29) is 6.42 Å². The van der Waals surface area contributed by atoms with E-state index in [4.69, 9.17) is 5.11 Å². The summed E-state index contributed by atoms with van der Waals surface area (Å²) in [6, 6.07) is 7.63. The molecule has 0 saturated carbocycles. The molecule has 1 aromatic heterocycles. The van der Waals surface area contributed by atoms with Gasteiger partial charge in [0.15, 0.2) is 0 Å². The summed E-state index contributed by atoms with van der Waals surface area (Å²) in [6.45, 7) is 1.82. The van der Waals surface area contributed by atoms with Crippen molar-refractivity contribution < 1.29 is 9.90 Å². The van der Waals surface area contributed by atoms with Crippen LogP contribution in [0.15, 0.2) is 36.7 Å². The molecule has 98 valence electrons. The normalized spacial score (nSPS) is 10.2. The zero-order valence-electron chi connectivity index (χ0n) is 10.6. The fourth-order valence-electron chi connectivity index (χ4n) is 1.71. The Morgan fingerprint density at radius 1 is 1.26 bits per heavy atom. The smallest absolute Gasteiger partial charge is 0.303 e. The highest BCUT2D eigenvalue weighted by atomic mass is 16.4. The van der Waals surface area contributed by atoms with Gasteiger partial charge in [-0.2, -0.15) is 0 Å². The van der Waals surface area contributed by atoms with Crippen LogP contribution in [0.3, 0.4) is 0 Å². The monoisotopic (exact) mass is 257 g/mol. The van der Waals surface area contributed by atoms with Crippen LogP contribution in [0.4, 0.5) is 11.4 Å². The number of nitrogens with one attached hydrogen (secondary N) is 1. The number of carboxylic acid groups (broad SMARTS) is 1. The Balaban J connectivity index is 2.15. The number of nitrogens with zero attached hydrogens (tertiary/aromatic N) is 2. The van der Waals surface area contributed by atoms with Gasteiger partial charge in [-0.25, -0.2) is 9.97 Å². The Morgan fingerprint density at radius 3 is 2.63 bits per heavy atom. The lowest BCUT2D eigenvalue weighted by atomic mass is 10.1. The molecule has 0 radical (unpaired) electrons. The maximum absolute atomic E-state index is 10.6. The van der Waals surface area contributed by atoms with Crippen LogP contribution in [0.5, 0.6) is 0 Å². The number of hydrogen-bond donors (Lipinski definition) is 2. The summed E-state index contributed by atoms with van der Waals surface area (Å²) >= 11 is 0. The number of anilines is 2. The summed E-state index contributed by atoms with van der Waals surface area (Å²) in [5.74, 6) is -0.0850. The Labute approximate surface area is 111 Å². The molecule has 2 aromatic rings. The highest BCUT2D eigenvalue weighted by molar-refractivity contribution is 5.68. The van der Waals surface area contributed by atoms with Gasteiger partial charge in [-0.15, -0.1) is 0 Å². The van der Waals surface area contributed by atoms with Gasteiger partial charge in [0.2, 0.25) is 0 Å². The molecule has 2 N–H and O–H groups in total. The average Bonchev–Trinajstić information content (AvgIpc) is 2.40. The molecule has 0 bridgehead atoms. The van der Waals surface area contributed by atoms with Crippen molar-refractivity contribution in [3.8, 4) is 0 Å². The molecule has 5 heteroatoms. The van der Waals surface area contributed by atoms with Gasteiger partial charge in [0.05, 0.1) is 18.1 Å². The molecular weight excluding hydrogens is 242 g/mol. The minimum Gasteiger partial charge on any atom is -0.481 e. The fraction of sp³-hybridized carbons (Fsp3) is 0.214. The molecule has 0 aliphatic rings. The molecule has 19 heavy (non-hydrogen) atoms. The third-order valence-corrected chi connectivity index (χ3v) is 2.69. The van der Waals surface area contributed by atoms with E-state index in [1.54, 1.807) is 12.4 Å². The maximum atomic E-state index is 10.6. The van der Waals surface area contributed by atoms with Gasteiger partial charge >= 0.3 is 5.97 Å². The molecule has 0 fully saturated rings. The minimum absolute atomic E-state index is 0.114. The van der Waals surface area contributed by atoms with Gasteiger partial charge in [0.1, 0.15) is 5.82 Å². The number of aryl methyl sites for hydroxylation is 2. The van der Waals surface area contributed by atoms with Crippen LogP contribution in [0.2, 0.25) is 0 Å². The van der Waals surface area contributed by atoms with E-state index in [1.165, 1.54) is 0 Å². The number of aliphatic carboxylic acids is 1. The molecule has 0 saturated heterocycles. The van der Waals surface area contributed by atoms with Crippen LogP contribution in [0, 0.1) is 6.92 Å². The molecular formula is C14H15N3O2. The van der Waals surface area contributed by atoms with Crippen LogP contribution in [0.1, 0.15) is 17.8 Å². The average molecular weight is 257 g/mol. The van der Waals surface area contributed by atoms with Gasteiger partial charge in [-0.3, -0.25) is 4.79 Å². The van der Waals surface area contributed by atoms with Crippen LogP contribution in [-0.4, -0.2) is 21.0 Å². The lowest BCUT2D eigenvalue weighted by molar-refractivity contribution is -0.136. The van der Waals surface area contributed by atoms with E-state index >= 15 is 0 Å². The molecule has 0 atom stereocenters. The predicted octanol–water partition coefficient (Wildman–Crippen LogP) is 2.55. The summed E-state index contributed by atoms with van der Waals surface area (Å²) in [5.41, 5.74) is 2.63. The highest BCUT2D eigenvalue weighted by Gasteiger charge is 2.05. The molecule has 0 aliphatic carbocycles. The molecule has 1 heterocycles. The van der Waals surface area contributed by atoms with E-state index < -0.39 is 5.97 Å². The number of rotatable bonds is 5. The SMILES string of the molecule is Cc1ncc(Nc2ccccc2CCC(=O)O)cn1. The number of hydrogen-bond acceptors (Lipinski definition) is 4. The summed E-state index contributed by atoms with van der Waals surface area (Å²) in [5, 5.41) is 12.0. The highest BCUT2D eigenvalue weighted by Crippen LogP contribution is 2.21. The number of carbonyl (C=O) groups is 1. The topological polar surface area (TPSA) is 75.1 Å². The summed E-state index contributed by atoms with van der Waals surface area (Å²) in [7, 11) is 0. The third-order valence-electron chi connectivity index (χ3n) is 2.69. The van der Waals surface area contributed by atoms with Gasteiger partial charge in [-0.1, -0.05) is 18.2 Å². The van der Waals surface area contributed by atoms with Crippen molar-refractivity contribution in [3.05, 3.63) is 48.0 Å². The van der Waals surface area contributed by atoms with Gasteiger partial charge in [0.25, 0.3) is 0 Å². The molecule has 0 aliphatic heterocycles. The molecule has 5 nitrogen and oxygen atoms in total. The second-order valence-corrected chi connectivity index (χ2v) is 4.19. The molecule has 0 unspecified atom stereocenters. The first kappa shape index (κ1) is 13.0. The van der Waals surface area contributed by atoms with Gasteiger partial charge < -0.3 is 10.4 Å². The van der Waals surface area contributed by atoms with E-state index in [2.05, 4.69) is 15.3 Å². The van der Waals surface area contributed by atoms with Crippen LogP contribution in [0.25, 0.3) is 0 Å². The Hall–Kier alpha value is -2.43. The largest absolute Gasteiger partial charge is 0.481 e. The summed E-state index contributed by atoms with van der Waals surface area (Å²) < 4.78 is 0. The lowest BCUT2D eigenvalue weighted by Crippen LogP contribution is -2.01. The van der Waals surface area contributed by atoms with E-state index in [0.717, 1.165) is 16.9 Å². The summed E-state index contributed by atoms with van der Waals surface area (Å²) in [6.07, 6.45) is 4.01. The Kier molecular flexibility index (Phi) is 4.07. The van der Waals surface area contributed by atoms with E-state index in [1.807, 2.05) is 31.2 Å². The molecule has 0 amide bonds. The van der Waals surface area contributed by atoms with Crippen LogP contribution in [-0.2, 0) is 11.2 Å². The van der Waals surface area contributed by atoms with Crippen molar-refractivity contribution in [1.82, 2.24) is 9.97 Å². The van der Waals surface area contributed by atoms with E-state index in [0.29, 0.717) is 12.2 Å². The zero-order chi connectivity index (χ0) is 13.7. The van der Waals surface area contributed by atoms with Gasteiger partial charge in [-0.05, 0) is 25.0 Å². The third kappa shape index (κ3) is 3.77. The van der Waals surface area contributed by atoms with Crippen molar-refractivity contribution in [2.24, 2.45) is 0 Å². The Bertz CT molecular complexity index is 567. The van der Waals surface area contributed by atoms with E-state index in [9.17, 15) is 4.79 Å². The minimum atomic E-state index is -0.798. The first-order chi connectivity index (χ1) is 9.15. The van der Waals surface area contributed by atoms with Gasteiger partial charge in [0, 0.05) is 12.1 Å². The maximum Gasteiger partial charge on any atom is 0.303 e. The number of aromatic nitrogens is 2. The molecule has 2 rings (SSSR count). The Morgan fingerprint density at radius 2 is 1.95 bits per heavy atom. The van der Waals surface area contributed by atoms with Crippen molar-refractivity contribution in [2.45, 2.75) is 19.8 Å².